The first-order chi connectivity index (χ1) is 12.0. The third-order valence-corrected chi connectivity index (χ3v) is 6.23. The molecular weight excluding hydrogens is 314 g/mol. The highest BCUT2D eigenvalue weighted by molar-refractivity contribution is 5.80. The van der Waals surface area contributed by atoms with Crippen LogP contribution < -0.4 is 10.6 Å². The van der Waals surface area contributed by atoms with Crippen LogP contribution in [0.25, 0.3) is 0 Å². The summed E-state index contributed by atoms with van der Waals surface area (Å²) < 4.78 is 5.58. The van der Waals surface area contributed by atoms with Crippen molar-refractivity contribution in [3.63, 3.8) is 0 Å². The average molecular weight is 352 g/mol. The number of guanidine groups is 1. The van der Waals surface area contributed by atoms with E-state index in [0.717, 1.165) is 57.7 Å². The van der Waals surface area contributed by atoms with Gasteiger partial charge in [-0.1, -0.05) is 0 Å². The maximum absolute atomic E-state index is 5.58. The molecule has 0 aromatic carbocycles. The van der Waals surface area contributed by atoms with Gasteiger partial charge in [-0.2, -0.15) is 0 Å². The minimum atomic E-state index is 0.129. The zero-order valence-electron chi connectivity index (χ0n) is 16.6. The van der Waals surface area contributed by atoms with Gasteiger partial charge in [0, 0.05) is 50.0 Å². The molecule has 0 amide bonds. The van der Waals surface area contributed by atoms with Crippen molar-refractivity contribution in [1.29, 1.82) is 0 Å². The van der Waals surface area contributed by atoms with Crippen molar-refractivity contribution in [2.75, 3.05) is 46.9 Å². The number of hydrogen-bond acceptors (Lipinski definition) is 4. The second-order valence-corrected chi connectivity index (χ2v) is 8.28. The Morgan fingerprint density at radius 2 is 2.00 bits per heavy atom. The molecular formula is C19H37N5O. The Kier molecular flexibility index (Phi) is 6.23. The van der Waals surface area contributed by atoms with Gasteiger partial charge in [-0.15, -0.1) is 0 Å². The van der Waals surface area contributed by atoms with Gasteiger partial charge in [0.25, 0.3) is 0 Å². The van der Waals surface area contributed by atoms with Crippen LogP contribution in [0, 0.1) is 0 Å². The van der Waals surface area contributed by atoms with Crippen LogP contribution in [0.1, 0.15) is 46.0 Å². The highest BCUT2D eigenvalue weighted by Crippen LogP contribution is 2.33. The van der Waals surface area contributed by atoms with Crippen molar-refractivity contribution in [3.05, 3.63) is 0 Å². The van der Waals surface area contributed by atoms with Gasteiger partial charge < -0.3 is 20.3 Å². The second-order valence-electron chi connectivity index (χ2n) is 8.28. The van der Waals surface area contributed by atoms with Gasteiger partial charge in [0.1, 0.15) is 0 Å². The van der Waals surface area contributed by atoms with Crippen molar-refractivity contribution in [1.82, 2.24) is 20.4 Å². The summed E-state index contributed by atoms with van der Waals surface area (Å²) in [5, 5.41) is 7.15. The predicted molar refractivity (Wildman–Crippen MR) is 103 cm³/mol. The molecule has 0 radical (unpaired) electrons. The summed E-state index contributed by atoms with van der Waals surface area (Å²) in [6.07, 6.45) is 6.10. The molecule has 6 nitrogen and oxygen atoms in total. The fraction of sp³-hybridized carbons (Fsp3) is 0.947. The molecule has 2 unspecified atom stereocenters. The lowest BCUT2D eigenvalue weighted by Crippen LogP contribution is -2.52. The van der Waals surface area contributed by atoms with Crippen molar-refractivity contribution < 1.29 is 4.74 Å². The van der Waals surface area contributed by atoms with Crippen molar-refractivity contribution in [3.8, 4) is 0 Å². The molecule has 144 valence electrons. The molecule has 0 spiro atoms. The zero-order chi connectivity index (χ0) is 17.9. The number of likely N-dealkylation sites (N-methyl/N-ethyl adjacent to an activating group) is 1. The topological polar surface area (TPSA) is 52.1 Å². The quantitative estimate of drug-likeness (QED) is 0.558. The molecule has 2 N–H and O–H groups in total. The van der Waals surface area contributed by atoms with E-state index in [2.05, 4.69) is 48.4 Å². The zero-order valence-corrected chi connectivity index (χ0v) is 16.6. The summed E-state index contributed by atoms with van der Waals surface area (Å²) in [5.74, 6) is 0.977. The monoisotopic (exact) mass is 351 g/mol. The first-order valence-corrected chi connectivity index (χ1v) is 10.1. The van der Waals surface area contributed by atoms with Crippen molar-refractivity contribution in [2.45, 2.75) is 69.6 Å². The maximum atomic E-state index is 5.58. The van der Waals surface area contributed by atoms with Gasteiger partial charge in [0.2, 0.25) is 0 Å². The van der Waals surface area contributed by atoms with E-state index in [4.69, 9.17) is 9.73 Å². The summed E-state index contributed by atoms with van der Waals surface area (Å²) in [5.41, 5.74) is 0.129. The summed E-state index contributed by atoms with van der Waals surface area (Å²) in [6.45, 7) is 9.07. The molecule has 3 rings (SSSR count). The van der Waals surface area contributed by atoms with Crippen LogP contribution in [0.5, 0.6) is 0 Å². The number of nitrogens with one attached hydrogen (secondary N) is 2. The van der Waals surface area contributed by atoms with Crippen LogP contribution in [0.2, 0.25) is 0 Å². The number of ether oxygens (including phenoxy) is 1. The van der Waals surface area contributed by atoms with Crippen LogP contribution in [-0.2, 0) is 4.74 Å². The fourth-order valence-corrected chi connectivity index (χ4v) is 4.31. The predicted octanol–water partition coefficient (Wildman–Crippen LogP) is 1.28. The molecule has 2 aliphatic heterocycles. The van der Waals surface area contributed by atoms with Gasteiger partial charge in [0.05, 0.1) is 6.54 Å². The van der Waals surface area contributed by atoms with E-state index in [1.54, 1.807) is 0 Å². The van der Waals surface area contributed by atoms with E-state index in [0.29, 0.717) is 12.1 Å². The van der Waals surface area contributed by atoms with Gasteiger partial charge in [0.15, 0.2) is 5.96 Å². The Morgan fingerprint density at radius 1 is 1.28 bits per heavy atom. The Morgan fingerprint density at radius 3 is 2.60 bits per heavy atom. The maximum Gasteiger partial charge on any atom is 0.191 e. The molecule has 6 heteroatoms. The van der Waals surface area contributed by atoms with E-state index in [1.807, 2.05) is 0 Å². The number of hydrogen-bond donors (Lipinski definition) is 2. The average Bonchev–Trinajstić information content (AvgIpc) is 3.37. The third-order valence-electron chi connectivity index (χ3n) is 6.23. The molecule has 0 aromatic rings. The molecule has 3 aliphatic rings. The Bertz CT molecular complexity index is 457. The first kappa shape index (κ1) is 18.9. The summed E-state index contributed by atoms with van der Waals surface area (Å²) >= 11 is 0. The Labute approximate surface area is 153 Å². The fourth-order valence-electron chi connectivity index (χ4n) is 4.31. The standard InChI is InChI=1S/C19H37N5O/c1-5-20-18(21-14-19(23(3)4)8-10-25-11-9-19)22-16-12-15(2)24(13-16)17-6-7-17/h15-17H,5-14H2,1-4H3,(H2,20,21,22). The molecule has 0 bridgehead atoms. The summed E-state index contributed by atoms with van der Waals surface area (Å²) in [4.78, 5) is 10.0. The Balaban J connectivity index is 1.60. The summed E-state index contributed by atoms with van der Waals surface area (Å²) in [7, 11) is 4.35. The largest absolute Gasteiger partial charge is 0.381 e. The number of rotatable bonds is 6. The van der Waals surface area contributed by atoms with Crippen LogP contribution in [0.3, 0.4) is 0 Å². The van der Waals surface area contributed by atoms with Crippen LogP contribution in [0.4, 0.5) is 0 Å². The molecule has 2 saturated heterocycles. The Hall–Kier alpha value is -0.850. The molecule has 1 aliphatic carbocycles. The highest BCUT2D eigenvalue weighted by Gasteiger charge is 2.39. The smallest absolute Gasteiger partial charge is 0.191 e. The van der Waals surface area contributed by atoms with E-state index in [-0.39, 0.29) is 5.54 Å². The molecule has 2 atom stereocenters. The number of nitrogens with zero attached hydrogens (tertiary/aromatic N) is 3. The third kappa shape index (κ3) is 4.66. The molecule has 2 heterocycles. The SMILES string of the molecule is CCNC(=NCC1(N(C)C)CCOCC1)NC1CC(C)N(C2CC2)C1. The first-order valence-electron chi connectivity index (χ1n) is 10.1. The summed E-state index contributed by atoms with van der Waals surface area (Å²) in [6, 6.07) is 2.05. The van der Waals surface area contributed by atoms with Crippen molar-refractivity contribution >= 4 is 5.96 Å². The van der Waals surface area contributed by atoms with E-state index >= 15 is 0 Å². The van der Waals surface area contributed by atoms with Gasteiger partial charge in [-0.3, -0.25) is 9.89 Å². The normalized spacial score (nSPS) is 30.7. The highest BCUT2D eigenvalue weighted by atomic mass is 16.5. The van der Waals surface area contributed by atoms with E-state index in [9.17, 15) is 0 Å². The van der Waals surface area contributed by atoms with Gasteiger partial charge in [-0.25, -0.2) is 0 Å². The minimum absolute atomic E-state index is 0.129. The molecule has 0 aromatic heterocycles. The second kappa shape index (κ2) is 8.23. The lowest BCUT2D eigenvalue weighted by molar-refractivity contribution is -0.00255. The van der Waals surface area contributed by atoms with Crippen LogP contribution in [0.15, 0.2) is 4.99 Å². The number of aliphatic imine (C=N–C) groups is 1. The molecule has 25 heavy (non-hydrogen) atoms. The minimum Gasteiger partial charge on any atom is -0.381 e. The molecule has 3 fully saturated rings. The van der Waals surface area contributed by atoms with Crippen LogP contribution >= 0.6 is 0 Å². The van der Waals surface area contributed by atoms with Crippen LogP contribution in [-0.4, -0.2) is 86.4 Å². The van der Waals surface area contributed by atoms with Gasteiger partial charge in [-0.05, 0) is 60.0 Å². The van der Waals surface area contributed by atoms with E-state index in [1.165, 1.54) is 19.3 Å². The van der Waals surface area contributed by atoms with E-state index < -0.39 is 0 Å². The number of likely N-dealkylation sites (tertiary alicyclic amines) is 1. The molecule has 1 saturated carbocycles. The lowest BCUT2D eigenvalue weighted by Gasteiger charge is -2.41. The lowest BCUT2D eigenvalue weighted by atomic mass is 9.89. The van der Waals surface area contributed by atoms with Crippen molar-refractivity contribution in [2.24, 2.45) is 4.99 Å². The van der Waals surface area contributed by atoms with Gasteiger partial charge >= 0.3 is 0 Å².